The maximum absolute atomic E-state index is 10.5. The molecule has 1 atom stereocenters. The van der Waals surface area contributed by atoms with Gasteiger partial charge in [0.2, 0.25) is 0 Å². The first-order valence-corrected chi connectivity index (χ1v) is 4.16. The van der Waals surface area contributed by atoms with Gasteiger partial charge in [-0.05, 0) is 6.42 Å². The third-order valence-electron chi connectivity index (χ3n) is 1.15. The maximum Gasteiger partial charge on any atom is 0.373 e. The van der Waals surface area contributed by atoms with Gasteiger partial charge in [0.05, 0.1) is 0 Å². The normalized spacial score (nSPS) is 12.1. The van der Waals surface area contributed by atoms with E-state index < -0.39 is 25.1 Å². The molecule has 0 aromatic rings. The van der Waals surface area contributed by atoms with Gasteiger partial charge in [-0.2, -0.15) is 0 Å². The SMILES string of the molecule is CCC(C(=O)C(=O)O)P(=O)=O. The van der Waals surface area contributed by atoms with E-state index in [9.17, 15) is 18.7 Å². The van der Waals surface area contributed by atoms with Crippen LogP contribution in [0.2, 0.25) is 0 Å². The zero-order valence-electron chi connectivity index (χ0n) is 5.81. The Balaban J connectivity index is 4.52. The molecule has 1 unspecified atom stereocenters. The molecule has 6 heteroatoms. The van der Waals surface area contributed by atoms with Crippen LogP contribution in [0.3, 0.4) is 0 Å². The lowest BCUT2D eigenvalue weighted by Crippen LogP contribution is -2.23. The topological polar surface area (TPSA) is 88.5 Å². The Labute approximate surface area is 63.2 Å². The van der Waals surface area contributed by atoms with Gasteiger partial charge in [-0.15, -0.1) is 0 Å². The van der Waals surface area contributed by atoms with Gasteiger partial charge in [-0.1, -0.05) is 6.92 Å². The molecule has 0 amide bonds. The van der Waals surface area contributed by atoms with Crippen LogP contribution in [0.5, 0.6) is 0 Å². The predicted octanol–water partition coefficient (Wildman–Crippen LogP) is 0.592. The molecule has 11 heavy (non-hydrogen) atoms. The average Bonchev–Trinajstić information content (AvgIpc) is 1.88. The minimum atomic E-state index is -2.97. The van der Waals surface area contributed by atoms with Crippen molar-refractivity contribution in [1.29, 1.82) is 0 Å². The van der Waals surface area contributed by atoms with Crippen LogP contribution >= 0.6 is 7.68 Å². The number of carbonyl (C=O) groups excluding carboxylic acids is 1. The van der Waals surface area contributed by atoms with E-state index in [0.29, 0.717) is 0 Å². The van der Waals surface area contributed by atoms with Crippen molar-refractivity contribution < 1.29 is 23.8 Å². The van der Waals surface area contributed by atoms with Crippen molar-refractivity contribution >= 4 is 19.4 Å². The molecule has 0 aromatic heterocycles. The highest BCUT2D eigenvalue weighted by Gasteiger charge is 2.27. The fourth-order valence-electron chi connectivity index (χ4n) is 0.573. The molecule has 0 aromatic carbocycles. The van der Waals surface area contributed by atoms with E-state index in [1.54, 1.807) is 0 Å². The molecule has 0 fully saturated rings. The molecule has 1 N–H and O–H groups in total. The predicted molar refractivity (Wildman–Crippen MR) is 35.0 cm³/mol. The molecular formula is C5H7O5P. The van der Waals surface area contributed by atoms with Crippen LogP contribution in [0.25, 0.3) is 0 Å². The summed E-state index contributed by atoms with van der Waals surface area (Å²) >= 11 is 0. The summed E-state index contributed by atoms with van der Waals surface area (Å²) < 4.78 is 20.5. The van der Waals surface area contributed by atoms with E-state index in [4.69, 9.17) is 5.11 Å². The van der Waals surface area contributed by atoms with E-state index in [1.165, 1.54) is 6.92 Å². The minimum absolute atomic E-state index is 0.00381. The van der Waals surface area contributed by atoms with Crippen molar-refractivity contribution in [3.8, 4) is 0 Å². The number of ketones is 1. The Kier molecular flexibility index (Phi) is 3.68. The average molecular weight is 178 g/mol. The lowest BCUT2D eigenvalue weighted by atomic mass is 10.2. The fourth-order valence-corrected chi connectivity index (χ4v) is 1.17. The van der Waals surface area contributed by atoms with Crippen molar-refractivity contribution in [2.75, 3.05) is 0 Å². The van der Waals surface area contributed by atoms with Crippen molar-refractivity contribution in [1.82, 2.24) is 0 Å². The first kappa shape index (κ1) is 10.0. The Morgan fingerprint density at radius 2 is 1.91 bits per heavy atom. The van der Waals surface area contributed by atoms with E-state index in [0.717, 1.165) is 0 Å². The van der Waals surface area contributed by atoms with Gasteiger partial charge in [0, 0.05) is 0 Å². The molecule has 0 aliphatic heterocycles. The van der Waals surface area contributed by atoms with Crippen molar-refractivity contribution in [2.45, 2.75) is 19.0 Å². The zero-order valence-corrected chi connectivity index (χ0v) is 6.71. The summed E-state index contributed by atoms with van der Waals surface area (Å²) in [6, 6.07) is 0. The highest BCUT2D eigenvalue weighted by molar-refractivity contribution is 7.33. The van der Waals surface area contributed by atoms with Gasteiger partial charge in [-0.25, -0.2) is 13.9 Å². The standard InChI is InChI=1S/C5H7O5P/c1-2-3(11(9)10)4(6)5(7)8/h3H,2H2,1H3,(H,7,8). The number of carbonyl (C=O) groups is 2. The summed E-state index contributed by atoms with van der Waals surface area (Å²) in [6.45, 7) is 1.44. The molecule has 0 spiro atoms. The van der Waals surface area contributed by atoms with E-state index in [1.807, 2.05) is 0 Å². The van der Waals surface area contributed by atoms with Crippen LogP contribution in [-0.2, 0) is 18.7 Å². The van der Waals surface area contributed by atoms with E-state index in [2.05, 4.69) is 0 Å². The van der Waals surface area contributed by atoms with Crippen LogP contribution < -0.4 is 0 Å². The number of carboxylic acids is 1. The quantitative estimate of drug-likeness (QED) is 0.502. The molecule has 0 saturated heterocycles. The lowest BCUT2D eigenvalue weighted by molar-refractivity contribution is -0.148. The van der Waals surface area contributed by atoms with Gasteiger partial charge in [0.15, 0.2) is 0 Å². The third kappa shape index (κ3) is 2.63. The van der Waals surface area contributed by atoms with E-state index >= 15 is 0 Å². The molecule has 0 aliphatic rings. The Bertz CT molecular complexity index is 233. The molecule has 0 aliphatic carbocycles. The third-order valence-corrected chi connectivity index (χ3v) is 2.26. The van der Waals surface area contributed by atoms with Gasteiger partial charge in [0.1, 0.15) is 5.66 Å². The van der Waals surface area contributed by atoms with Crippen LogP contribution in [0.4, 0.5) is 0 Å². The van der Waals surface area contributed by atoms with Gasteiger partial charge in [-0.3, -0.25) is 4.79 Å². The molecule has 0 heterocycles. The summed E-state index contributed by atoms with van der Waals surface area (Å²) in [5.41, 5.74) is -1.37. The molecule has 62 valence electrons. The maximum atomic E-state index is 10.5. The molecule has 0 rings (SSSR count). The lowest BCUT2D eigenvalue weighted by Gasteiger charge is -1.97. The van der Waals surface area contributed by atoms with Crippen LogP contribution in [0.15, 0.2) is 0 Å². The highest BCUT2D eigenvalue weighted by atomic mass is 31.1. The molecular weight excluding hydrogens is 171 g/mol. The Morgan fingerprint density at radius 1 is 1.45 bits per heavy atom. The summed E-state index contributed by atoms with van der Waals surface area (Å²) in [5, 5.41) is 8.12. The second kappa shape index (κ2) is 4.03. The van der Waals surface area contributed by atoms with Gasteiger partial charge in [0.25, 0.3) is 5.78 Å². The van der Waals surface area contributed by atoms with Crippen LogP contribution in [-0.4, -0.2) is 22.5 Å². The first-order chi connectivity index (χ1) is 5.00. The van der Waals surface area contributed by atoms with Crippen molar-refractivity contribution in [3.05, 3.63) is 0 Å². The number of aliphatic carboxylic acids is 1. The Hall–Kier alpha value is -0.960. The number of carboxylic acid groups (broad SMARTS) is 1. The number of hydrogen-bond donors (Lipinski definition) is 1. The van der Waals surface area contributed by atoms with Crippen LogP contribution in [0, 0.1) is 0 Å². The number of rotatable bonds is 4. The molecule has 0 radical (unpaired) electrons. The number of Topliss-reactive ketones (excluding diaryl/α,β-unsaturated/α-hetero) is 1. The second-order valence-corrected chi connectivity index (χ2v) is 3.07. The molecule has 0 bridgehead atoms. The smallest absolute Gasteiger partial charge is 0.373 e. The fraction of sp³-hybridized carbons (Fsp3) is 0.600. The van der Waals surface area contributed by atoms with Gasteiger partial charge >= 0.3 is 13.6 Å². The summed E-state index contributed by atoms with van der Waals surface area (Å²) in [5.74, 6) is -2.96. The van der Waals surface area contributed by atoms with Crippen molar-refractivity contribution in [3.63, 3.8) is 0 Å². The van der Waals surface area contributed by atoms with Gasteiger partial charge < -0.3 is 5.11 Å². The minimum Gasteiger partial charge on any atom is -0.475 e. The highest BCUT2D eigenvalue weighted by Crippen LogP contribution is 2.18. The zero-order chi connectivity index (χ0) is 9.02. The van der Waals surface area contributed by atoms with Crippen molar-refractivity contribution in [2.24, 2.45) is 0 Å². The largest absolute Gasteiger partial charge is 0.475 e. The summed E-state index contributed by atoms with van der Waals surface area (Å²) in [4.78, 5) is 20.5. The first-order valence-electron chi connectivity index (χ1n) is 2.91. The number of hydrogen-bond acceptors (Lipinski definition) is 4. The van der Waals surface area contributed by atoms with E-state index in [-0.39, 0.29) is 6.42 Å². The molecule has 5 nitrogen and oxygen atoms in total. The second-order valence-electron chi connectivity index (χ2n) is 1.88. The monoisotopic (exact) mass is 178 g/mol. The summed E-state index contributed by atoms with van der Waals surface area (Å²) in [6.07, 6.45) is 0.00381. The molecule has 0 saturated carbocycles. The summed E-state index contributed by atoms with van der Waals surface area (Å²) in [7, 11) is -2.97. The Morgan fingerprint density at radius 3 is 2.00 bits per heavy atom. The van der Waals surface area contributed by atoms with Crippen LogP contribution in [0.1, 0.15) is 13.3 Å².